The van der Waals surface area contributed by atoms with Crippen LogP contribution in [-0.2, 0) is 4.79 Å². The monoisotopic (exact) mass is 332 g/mol. The maximum Gasteiger partial charge on any atom is 0.234 e. The van der Waals surface area contributed by atoms with Gasteiger partial charge in [0.2, 0.25) is 5.91 Å². The third-order valence-corrected chi connectivity index (χ3v) is 5.42. The van der Waals surface area contributed by atoms with Gasteiger partial charge >= 0.3 is 0 Å². The van der Waals surface area contributed by atoms with Crippen molar-refractivity contribution in [3.63, 3.8) is 0 Å². The molecule has 1 amide bonds. The molecule has 4 unspecified atom stereocenters. The molecule has 1 aliphatic rings. The summed E-state index contributed by atoms with van der Waals surface area (Å²) in [5.41, 5.74) is 1.17. The van der Waals surface area contributed by atoms with E-state index in [9.17, 15) is 4.79 Å². The molecule has 2 rings (SSSR count). The van der Waals surface area contributed by atoms with Crippen LogP contribution in [0.5, 0.6) is 0 Å². The average molecular weight is 332 g/mol. The molecule has 24 heavy (non-hydrogen) atoms. The van der Waals surface area contributed by atoms with Gasteiger partial charge in [0.15, 0.2) is 0 Å². The van der Waals surface area contributed by atoms with Crippen LogP contribution in [0.3, 0.4) is 0 Å². The SMILES string of the molecule is CC1CCCC(NC(=O)CNC(CCCO)c2ccccc2)C1C. The van der Waals surface area contributed by atoms with Gasteiger partial charge in [-0.2, -0.15) is 0 Å². The first kappa shape index (κ1) is 18.9. The Bertz CT molecular complexity index is 492. The maximum atomic E-state index is 12.4. The minimum Gasteiger partial charge on any atom is -0.396 e. The van der Waals surface area contributed by atoms with Crippen LogP contribution in [0.15, 0.2) is 30.3 Å². The van der Waals surface area contributed by atoms with Crippen LogP contribution in [0, 0.1) is 11.8 Å². The molecule has 4 nitrogen and oxygen atoms in total. The molecule has 4 heteroatoms. The Morgan fingerprint density at radius 1 is 1.25 bits per heavy atom. The topological polar surface area (TPSA) is 61.4 Å². The van der Waals surface area contributed by atoms with Gasteiger partial charge in [0.25, 0.3) is 0 Å². The Kier molecular flexibility index (Phi) is 7.73. The number of aliphatic hydroxyl groups excluding tert-OH is 1. The van der Waals surface area contributed by atoms with Crippen molar-refractivity contribution in [3.8, 4) is 0 Å². The number of hydrogen-bond donors (Lipinski definition) is 3. The van der Waals surface area contributed by atoms with Gasteiger partial charge in [0.1, 0.15) is 0 Å². The summed E-state index contributed by atoms with van der Waals surface area (Å²) in [6.45, 7) is 5.02. The van der Waals surface area contributed by atoms with Crippen molar-refractivity contribution in [1.82, 2.24) is 10.6 Å². The molecular weight excluding hydrogens is 300 g/mol. The molecule has 0 aromatic heterocycles. The zero-order chi connectivity index (χ0) is 17.4. The molecule has 4 atom stereocenters. The molecule has 0 bridgehead atoms. The fourth-order valence-corrected chi connectivity index (χ4v) is 3.63. The van der Waals surface area contributed by atoms with Crippen molar-refractivity contribution in [1.29, 1.82) is 0 Å². The van der Waals surface area contributed by atoms with E-state index in [-0.39, 0.29) is 18.6 Å². The summed E-state index contributed by atoms with van der Waals surface area (Å²) in [6, 6.07) is 10.5. The van der Waals surface area contributed by atoms with Gasteiger partial charge < -0.3 is 15.7 Å². The van der Waals surface area contributed by atoms with E-state index in [1.54, 1.807) is 0 Å². The van der Waals surface area contributed by atoms with Gasteiger partial charge in [0, 0.05) is 18.7 Å². The molecule has 134 valence electrons. The molecule has 1 aliphatic carbocycles. The molecule has 3 N–H and O–H groups in total. The number of aliphatic hydroxyl groups is 1. The van der Waals surface area contributed by atoms with Crippen LogP contribution >= 0.6 is 0 Å². The lowest BCUT2D eigenvalue weighted by molar-refractivity contribution is -0.121. The lowest BCUT2D eigenvalue weighted by atomic mass is 9.78. The zero-order valence-electron chi connectivity index (χ0n) is 15.0. The highest BCUT2D eigenvalue weighted by Crippen LogP contribution is 2.29. The summed E-state index contributed by atoms with van der Waals surface area (Å²) >= 11 is 0. The van der Waals surface area contributed by atoms with Gasteiger partial charge in [-0.05, 0) is 36.7 Å². The number of amides is 1. The highest BCUT2D eigenvalue weighted by molar-refractivity contribution is 5.78. The molecular formula is C20H32N2O2. The highest BCUT2D eigenvalue weighted by Gasteiger charge is 2.28. The molecule has 1 aromatic carbocycles. The van der Waals surface area contributed by atoms with E-state index in [4.69, 9.17) is 5.11 Å². The molecule has 0 saturated heterocycles. The smallest absolute Gasteiger partial charge is 0.234 e. The van der Waals surface area contributed by atoms with E-state index in [2.05, 4.69) is 36.6 Å². The molecule has 0 aliphatic heterocycles. The minimum atomic E-state index is 0.0749. The quantitative estimate of drug-likeness (QED) is 0.686. The van der Waals surface area contributed by atoms with Crippen molar-refractivity contribution in [2.75, 3.05) is 13.2 Å². The maximum absolute atomic E-state index is 12.4. The first-order valence-electron chi connectivity index (χ1n) is 9.30. The van der Waals surface area contributed by atoms with Gasteiger partial charge in [-0.15, -0.1) is 0 Å². The normalized spacial score (nSPS) is 25.2. The van der Waals surface area contributed by atoms with Crippen LogP contribution in [0.2, 0.25) is 0 Å². The summed E-state index contributed by atoms with van der Waals surface area (Å²) in [6.07, 6.45) is 5.11. The van der Waals surface area contributed by atoms with E-state index >= 15 is 0 Å². The van der Waals surface area contributed by atoms with Crippen LogP contribution in [0.25, 0.3) is 0 Å². The number of rotatable bonds is 8. The molecule has 0 radical (unpaired) electrons. The number of carbonyl (C=O) groups is 1. The minimum absolute atomic E-state index is 0.0749. The number of nitrogens with one attached hydrogen (secondary N) is 2. The average Bonchev–Trinajstić information content (AvgIpc) is 2.60. The van der Waals surface area contributed by atoms with E-state index < -0.39 is 0 Å². The molecule has 1 fully saturated rings. The third kappa shape index (κ3) is 5.60. The van der Waals surface area contributed by atoms with Crippen LogP contribution in [0.1, 0.15) is 57.6 Å². The summed E-state index contributed by atoms with van der Waals surface area (Å²) in [5.74, 6) is 1.30. The lowest BCUT2D eigenvalue weighted by Crippen LogP contribution is -2.47. The second kappa shape index (κ2) is 9.80. The number of benzene rings is 1. The number of carbonyl (C=O) groups excluding carboxylic acids is 1. The summed E-state index contributed by atoms with van der Waals surface area (Å²) in [4.78, 5) is 12.4. The number of hydrogen-bond acceptors (Lipinski definition) is 3. The van der Waals surface area contributed by atoms with Crippen LogP contribution in [0.4, 0.5) is 0 Å². The van der Waals surface area contributed by atoms with Crippen LogP contribution < -0.4 is 10.6 Å². The fourth-order valence-electron chi connectivity index (χ4n) is 3.63. The molecule has 1 aromatic rings. The predicted octanol–water partition coefficient (Wildman–Crippen LogP) is 3.03. The lowest BCUT2D eigenvalue weighted by Gasteiger charge is -2.34. The Balaban J connectivity index is 1.85. The van der Waals surface area contributed by atoms with Crippen molar-refractivity contribution in [3.05, 3.63) is 35.9 Å². The van der Waals surface area contributed by atoms with Crippen molar-refractivity contribution in [2.24, 2.45) is 11.8 Å². The van der Waals surface area contributed by atoms with Crippen LogP contribution in [-0.4, -0.2) is 30.2 Å². The van der Waals surface area contributed by atoms with Gasteiger partial charge in [-0.25, -0.2) is 0 Å². The third-order valence-electron chi connectivity index (χ3n) is 5.42. The summed E-state index contributed by atoms with van der Waals surface area (Å²) < 4.78 is 0. The Hall–Kier alpha value is -1.39. The fraction of sp³-hybridized carbons (Fsp3) is 0.650. The second-order valence-electron chi connectivity index (χ2n) is 7.15. The zero-order valence-corrected chi connectivity index (χ0v) is 15.0. The van der Waals surface area contributed by atoms with Crippen molar-refractivity contribution in [2.45, 2.75) is 58.0 Å². The second-order valence-corrected chi connectivity index (χ2v) is 7.15. The first-order chi connectivity index (χ1) is 11.6. The van der Waals surface area contributed by atoms with Gasteiger partial charge in [-0.1, -0.05) is 57.0 Å². The predicted molar refractivity (Wildman–Crippen MR) is 97.6 cm³/mol. The van der Waals surface area contributed by atoms with Crippen molar-refractivity contribution < 1.29 is 9.90 Å². The molecule has 1 saturated carbocycles. The first-order valence-corrected chi connectivity index (χ1v) is 9.30. The van der Waals surface area contributed by atoms with Gasteiger partial charge in [-0.3, -0.25) is 4.79 Å². The van der Waals surface area contributed by atoms with E-state index in [1.807, 2.05) is 18.2 Å². The highest BCUT2D eigenvalue weighted by atomic mass is 16.2. The molecule has 0 spiro atoms. The Morgan fingerprint density at radius 2 is 2.00 bits per heavy atom. The van der Waals surface area contributed by atoms with Gasteiger partial charge in [0.05, 0.1) is 6.54 Å². The summed E-state index contributed by atoms with van der Waals surface area (Å²) in [7, 11) is 0. The van der Waals surface area contributed by atoms with E-state index in [1.165, 1.54) is 18.4 Å². The largest absolute Gasteiger partial charge is 0.396 e. The van der Waals surface area contributed by atoms with Crippen molar-refractivity contribution >= 4 is 5.91 Å². The van der Waals surface area contributed by atoms with E-state index in [0.717, 1.165) is 19.3 Å². The molecule has 0 heterocycles. The van der Waals surface area contributed by atoms with E-state index in [0.29, 0.717) is 24.4 Å². The summed E-state index contributed by atoms with van der Waals surface area (Å²) in [5, 5.41) is 15.7. The Labute approximate surface area is 146 Å². The standard InChI is InChI=1S/C20H32N2O2/c1-15-8-6-11-18(16(15)2)22-20(24)14-21-19(12-7-13-23)17-9-4-3-5-10-17/h3-5,9-10,15-16,18-19,21,23H,6-8,11-14H2,1-2H3,(H,22,24). The Morgan fingerprint density at radius 3 is 2.71 bits per heavy atom.